The number of piperazine rings is 1. The summed E-state index contributed by atoms with van der Waals surface area (Å²) in [6.07, 6.45) is 0.115. The van der Waals surface area contributed by atoms with Crippen LogP contribution in [0, 0.1) is 17.1 Å². The zero-order valence-electron chi connectivity index (χ0n) is 20.1. The highest BCUT2D eigenvalue weighted by Crippen LogP contribution is 2.34. The lowest BCUT2D eigenvalue weighted by Crippen LogP contribution is -2.47. The molecule has 0 saturated carbocycles. The molecule has 0 aliphatic carbocycles. The lowest BCUT2D eigenvalue weighted by atomic mass is 10.0. The molecule has 0 bridgehead atoms. The smallest absolute Gasteiger partial charge is 0.162 e. The van der Waals surface area contributed by atoms with Crippen molar-refractivity contribution in [2.24, 2.45) is 0 Å². The summed E-state index contributed by atoms with van der Waals surface area (Å²) in [5.74, 6) is 1.52. The molecule has 1 unspecified atom stereocenters. The Hall–Kier alpha value is -3.76. The third kappa shape index (κ3) is 5.84. The van der Waals surface area contributed by atoms with Gasteiger partial charge in [-0.05, 0) is 30.3 Å². The van der Waals surface area contributed by atoms with E-state index in [-0.39, 0.29) is 5.82 Å². The number of benzene rings is 3. The second kappa shape index (κ2) is 11.6. The number of para-hydroxylation sites is 2. The third-order valence-electron chi connectivity index (χ3n) is 6.32. The van der Waals surface area contributed by atoms with Crippen LogP contribution < -0.4 is 19.1 Å². The van der Waals surface area contributed by atoms with E-state index in [1.165, 1.54) is 13.2 Å². The number of hydrogen-bond acceptors (Lipinski definition) is 6. The lowest BCUT2D eigenvalue weighted by molar-refractivity contribution is 0.152. The van der Waals surface area contributed by atoms with Crippen LogP contribution in [-0.2, 0) is 0 Å². The van der Waals surface area contributed by atoms with E-state index in [9.17, 15) is 9.65 Å². The van der Waals surface area contributed by atoms with Crippen LogP contribution in [0.3, 0.4) is 0 Å². The predicted octanol–water partition coefficient (Wildman–Crippen LogP) is 5.05. The molecule has 1 aliphatic rings. The van der Waals surface area contributed by atoms with E-state index in [1.54, 1.807) is 37.4 Å². The van der Waals surface area contributed by atoms with Gasteiger partial charge in [-0.25, -0.2) is 4.39 Å². The Labute approximate surface area is 206 Å². The standard InChI is InChI=1S/C28H30FN3O3/c1-33-26-10-6-5-9-24(26)32-17-15-31(16-18-32)14-13-25(22-7-3-4-8-23(22)29)35-27-12-11-21(20-30)19-28(27)34-2/h3-12,19,25H,13-18H2,1-2H3. The molecule has 0 N–H and O–H groups in total. The molecule has 0 amide bonds. The van der Waals surface area contributed by atoms with Crippen LogP contribution in [0.1, 0.15) is 23.7 Å². The van der Waals surface area contributed by atoms with Crippen molar-refractivity contribution in [1.82, 2.24) is 4.90 Å². The van der Waals surface area contributed by atoms with E-state index in [2.05, 4.69) is 21.9 Å². The first kappa shape index (κ1) is 24.4. The molecule has 1 aliphatic heterocycles. The third-order valence-corrected chi connectivity index (χ3v) is 6.32. The molecule has 4 rings (SSSR count). The fourth-order valence-electron chi connectivity index (χ4n) is 4.41. The van der Waals surface area contributed by atoms with Gasteiger partial charge in [0.2, 0.25) is 0 Å². The van der Waals surface area contributed by atoms with Gasteiger partial charge in [0.05, 0.1) is 31.5 Å². The maximum absolute atomic E-state index is 14.7. The molecule has 0 aromatic heterocycles. The summed E-state index contributed by atoms with van der Waals surface area (Å²) >= 11 is 0. The van der Waals surface area contributed by atoms with Crippen molar-refractivity contribution in [2.45, 2.75) is 12.5 Å². The molecule has 35 heavy (non-hydrogen) atoms. The quantitative estimate of drug-likeness (QED) is 0.432. The van der Waals surface area contributed by atoms with Crippen molar-refractivity contribution < 1.29 is 18.6 Å². The van der Waals surface area contributed by atoms with Gasteiger partial charge < -0.3 is 19.1 Å². The Morgan fingerprint density at radius 1 is 0.886 bits per heavy atom. The summed E-state index contributed by atoms with van der Waals surface area (Å²) < 4.78 is 32.0. The molecule has 6 nitrogen and oxygen atoms in total. The van der Waals surface area contributed by atoms with E-state index in [0.717, 1.165) is 44.2 Å². The van der Waals surface area contributed by atoms with Crippen molar-refractivity contribution >= 4 is 5.69 Å². The number of anilines is 1. The Morgan fingerprint density at radius 3 is 2.31 bits per heavy atom. The Bertz CT molecular complexity index is 1170. The minimum absolute atomic E-state index is 0.300. The molecular weight excluding hydrogens is 445 g/mol. The fourth-order valence-corrected chi connectivity index (χ4v) is 4.41. The predicted molar refractivity (Wildman–Crippen MR) is 134 cm³/mol. The molecule has 1 heterocycles. The number of methoxy groups -OCH3 is 2. The zero-order valence-corrected chi connectivity index (χ0v) is 20.1. The molecule has 1 fully saturated rings. The number of nitriles is 1. The van der Waals surface area contributed by atoms with E-state index >= 15 is 0 Å². The Balaban J connectivity index is 1.44. The second-order valence-electron chi connectivity index (χ2n) is 8.39. The van der Waals surface area contributed by atoms with Crippen molar-refractivity contribution in [3.8, 4) is 23.3 Å². The van der Waals surface area contributed by atoms with Gasteiger partial charge in [0.1, 0.15) is 17.7 Å². The normalized spacial score (nSPS) is 14.7. The SMILES string of the molecule is COc1cc(C#N)ccc1OC(CCN1CCN(c2ccccc2OC)CC1)c1ccccc1F. The first-order valence-electron chi connectivity index (χ1n) is 11.7. The van der Waals surface area contributed by atoms with E-state index in [4.69, 9.17) is 14.2 Å². The van der Waals surface area contributed by atoms with Crippen molar-refractivity contribution in [3.05, 3.63) is 83.7 Å². The monoisotopic (exact) mass is 475 g/mol. The minimum Gasteiger partial charge on any atom is -0.495 e. The van der Waals surface area contributed by atoms with Crippen LogP contribution in [0.15, 0.2) is 66.7 Å². The van der Waals surface area contributed by atoms with E-state index < -0.39 is 6.10 Å². The summed E-state index contributed by atoms with van der Waals surface area (Å²) in [5.41, 5.74) is 2.09. The van der Waals surface area contributed by atoms with Crippen LogP contribution in [0.4, 0.5) is 10.1 Å². The van der Waals surface area contributed by atoms with Gasteiger partial charge in [-0.3, -0.25) is 4.90 Å². The summed E-state index contributed by atoms with van der Waals surface area (Å²) in [6.45, 7) is 4.31. The van der Waals surface area contributed by atoms with Gasteiger partial charge >= 0.3 is 0 Å². The maximum Gasteiger partial charge on any atom is 0.162 e. The van der Waals surface area contributed by atoms with Crippen molar-refractivity contribution in [1.29, 1.82) is 5.26 Å². The Morgan fingerprint density at radius 2 is 1.60 bits per heavy atom. The molecule has 1 saturated heterocycles. The largest absolute Gasteiger partial charge is 0.495 e. The van der Waals surface area contributed by atoms with Gasteiger partial charge in [-0.1, -0.05) is 30.3 Å². The van der Waals surface area contributed by atoms with Gasteiger partial charge in [-0.15, -0.1) is 0 Å². The summed E-state index contributed by atoms with van der Waals surface area (Å²) in [4.78, 5) is 4.71. The van der Waals surface area contributed by atoms with Crippen molar-refractivity contribution in [2.75, 3.05) is 51.8 Å². The van der Waals surface area contributed by atoms with Gasteiger partial charge in [0, 0.05) is 50.8 Å². The molecular formula is C28H30FN3O3. The molecule has 3 aromatic rings. The highest BCUT2D eigenvalue weighted by Gasteiger charge is 2.24. The molecule has 182 valence electrons. The molecule has 0 radical (unpaired) electrons. The van der Waals surface area contributed by atoms with Crippen LogP contribution in [0.25, 0.3) is 0 Å². The topological polar surface area (TPSA) is 58.0 Å². The number of rotatable bonds is 9. The van der Waals surface area contributed by atoms with E-state index in [1.807, 2.05) is 24.3 Å². The number of nitrogens with zero attached hydrogens (tertiary/aromatic N) is 3. The lowest BCUT2D eigenvalue weighted by Gasteiger charge is -2.37. The number of ether oxygens (including phenoxy) is 3. The summed E-state index contributed by atoms with van der Waals surface area (Å²) in [5, 5.41) is 9.18. The summed E-state index contributed by atoms with van der Waals surface area (Å²) in [7, 11) is 3.23. The molecule has 0 spiro atoms. The molecule has 7 heteroatoms. The number of hydrogen-bond donors (Lipinski definition) is 0. The highest BCUT2D eigenvalue weighted by molar-refractivity contribution is 5.58. The highest BCUT2D eigenvalue weighted by atomic mass is 19.1. The zero-order chi connectivity index (χ0) is 24.6. The second-order valence-corrected chi connectivity index (χ2v) is 8.39. The first-order valence-corrected chi connectivity index (χ1v) is 11.7. The van der Waals surface area contributed by atoms with Crippen LogP contribution >= 0.6 is 0 Å². The van der Waals surface area contributed by atoms with Crippen LogP contribution in [-0.4, -0.2) is 51.8 Å². The average molecular weight is 476 g/mol. The Kier molecular flexibility index (Phi) is 8.07. The van der Waals surface area contributed by atoms with Gasteiger partial charge in [0.25, 0.3) is 0 Å². The van der Waals surface area contributed by atoms with Gasteiger partial charge in [0.15, 0.2) is 11.5 Å². The van der Waals surface area contributed by atoms with E-state index in [0.29, 0.717) is 29.0 Å². The molecule has 1 atom stereocenters. The van der Waals surface area contributed by atoms with Crippen molar-refractivity contribution in [3.63, 3.8) is 0 Å². The van der Waals surface area contributed by atoms with Crippen LogP contribution in [0.2, 0.25) is 0 Å². The van der Waals surface area contributed by atoms with Crippen LogP contribution in [0.5, 0.6) is 17.2 Å². The molecule has 3 aromatic carbocycles. The first-order chi connectivity index (χ1) is 17.1. The minimum atomic E-state index is -0.495. The maximum atomic E-state index is 14.7. The fraction of sp³-hybridized carbons (Fsp3) is 0.321. The van der Waals surface area contributed by atoms with Gasteiger partial charge in [-0.2, -0.15) is 5.26 Å². The summed E-state index contributed by atoms with van der Waals surface area (Å²) in [6, 6.07) is 21.9. The number of halogens is 1. The average Bonchev–Trinajstić information content (AvgIpc) is 2.91.